The molecular weight excluding hydrogens is 430 g/mol. The summed E-state index contributed by atoms with van der Waals surface area (Å²) in [7, 11) is 0. The molecular formula is C28H33NO5. The molecule has 0 aromatic carbocycles. The van der Waals surface area contributed by atoms with Crippen LogP contribution in [0.4, 0.5) is 0 Å². The van der Waals surface area contributed by atoms with Crippen molar-refractivity contribution in [3.05, 3.63) is 48.3 Å². The average molecular weight is 464 g/mol. The first-order chi connectivity index (χ1) is 16.2. The number of hydrogen-bond acceptors (Lipinski definition) is 6. The molecule has 6 fully saturated rings. The van der Waals surface area contributed by atoms with Gasteiger partial charge in [0, 0.05) is 36.2 Å². The van der Waals surface area contributed by atoms with E-state index in [0.29, 0.717) is 18.6 Å². The van der Waals surface area contributed by atoms with Crippen molar-refractivity contribution in [1.29, 1.82) is 0 Å². The summed E-state index contributed by atoms with van der Waals surface area (Å²) in [6.45, 7) is 9.18. The molecule has 2 saturated heterocycles. The summed E-state index contributed by atoms with van der Waals surface area (Å²) in [5.74, 6) is -2.41. The molecule has 0 unspecified atom stereocenters. The molecule has 1 aromatic rings. The summed E-state index contributed by atoms with van der Waals surface area (Å²) in [6.07, 6.45) is 10.8. The van der Waals surface area contributed by atoms with Gasteiger partial charge in [0.05, 0.1) is 6.61 Å². The van der Waals surface area contributed by atoms with Crippen LogP contribution in [0.5, 0.6) is 0 Å². The van der Waals surface area contributed by atoms with E-state index < -0.39 is 23.3 Å². The monoisotopic (exact) mass is 463 g/mol. The van der Waals surface area contributed by atoms with Gasteiger partial charge in [-0.2, -0.15) is 0 Å². The SMILES string of the molecule is C=C1C(=O)[C@]23[C@H](OC(=O)/C=C/c4ccncc4)[C@H]1CC[C@H]2[C@]12CCCC(C)(C)[C@H]1C[C@@]3(O)OC2. The summed E-state index contributed by atoms with van der Waals surface area (Å²) in [4.78, 5) is 31.0. The van der Waals surface area contributed by atoms with Crippen molar-refractivity contribution in [3.8, 4) is 0 Å². The summed E-state index contributed by atoms with van der Waals surface area (Å²) in [5, 5.41) is 12.1. The highest BCUT2D eigenvalue weighted by Gasteiger charge is 2.83. The molecule has 4 aliphatic carbocycles. The molecule has 1 aromatic heterocycles. The van der Waals surface area contributed by atoms with Crippen molar-refractivity contribution in [2.45, 2.75) is 64.3 Å². The molecule has 4 saturated carbocycles. The lowest BCUT2D eigenvalue weighted by Gasteiger charge is -2.72. The van der Waals surface area contributed by atoms with Gasteiger partial charge < -0.3 is 14.6 Å². The largest absolute Gasteiger partial charge is 0.457 e. The lowest BCUT2D eigenvalue weighted by molar-refractivity contribution is -0.414. The van der Waals surface area contributed by atoms with Crippen LogP contribution in [0.15, 0.2) is 42.8 Å². The molecule has 6 nitrogen and oxygen atoms in total. The highest BCUT2D eigenvalue weighted by atomic mass is 16.6. The zero-order chi connectivity index (χ0) is 23.9. The van der Waals surface area contributed by atoms with E-state index >= 15 is 0 Å². The Labute approximate surface area is 200 Å². The van der Waals surface area contributed by atoms with Gasteiger partial charge in [-0.25, -0.2) is 4.79 Å². The van der Waals surface area contributed by atoms with Crippen LogP contribution in [0.25, 0.3) is 6.08 Å². The minimum atomic E-state index is -1.65. The summed E-state index contributed by atoms with van der Waals surface area (Å²) >= 11 is 0. The summed E-state index contributed by atoms with van der Waals surface area (Å²) in [5.41, 5.74) is -0.0809. The molecule has 0 radical (unpaired) electrons. The van der Waals surface area contributed by atoms with Gasteiger partial charge in [-0.1, -0.05) is 26.8 Å². The second-order valence-corrected chi connectivity index (χ2v) is 11.8. The van der Waals surface area contributed by atoms with Crippen LogP contribution in [0.2, 0.25) is 0 Å². The Morgan fingerprint density at radius 2 is 2.00 bits per heavy atom. The Bertz CT molecular complexity index is 1100. The first-order valence-corrected chi connectivity index (χ1v) is 12.5. The van der Waals surface area contributed by atoms with Crippen molar-refractivity contribution in [3.63, 3.8) is 0 Å². The third-order valence-electron chi connectivity index (χ3n) is 10.1. The van der Waals surface area contributed by atoms with Crippen LogP contribution in [0.1, 0.15) is 57.9 Å². The van der Waals surface area contributed by atoms with Gasteiger partial charge in [-0.3, -0.25) is 9.78 Å². The van der Waals surface area contributed by atoms with Crippen LogP contribution in [0, 0.1) is 34.0 Å². The average Bonchev–Trinajstić information content (AvgIpc) is 2.93. The molecule has 2 spiro atoms. The molecule has 6 heteroatoms. The van der Waals surface area contributed by atoms with Gasteiger partial charge in [0.15, 0.2) is 11.6 Å². The van der Waals surface area contributed by atoms with E-state index in [1.54, 1.807) is 30.6 Å². The Hall–Kier alpha value is -2.31. The molecule has 4 bridgehead atoms. The number of aromatic nitrogens is 1. The molecule has 7 rings (SSSR count). The van der Waals surface area contributed by atoms with Crippen molar-refractivity contribution < 1.29 is 24.2 Å². The van der Waals surface area contributed by atoms with Crippen molar-refractivity contribution >= 4 is 17.8 Å². The first-order valence-electron chi connectivity index (χ1n) is 12.5. The van der Waals surface area contributed by atoms with Crippen molar-refractivity contribution in [2.24, 2.45) is 34.0 Å². The number of fused-ring (bicyclic) bond motifs is 2. The van der Waals surface area contributed by atoms with Gasteiger partial charge in [0.25, 0.3) is 0 Å². The van der Waals surface area contributed by atoms with E-state index in [4.69, 9.17) is 9.47 Å². The minimum Gasteiger partial charge on any atom is -0.457 e. The Morgan fingerprint density at radius 1 is 1.24 bits per heavy atom. The number of hydrogen-bond donors (Lipinski definition) is 1. The Balaban J connectivity index is 1.41. The fourth-order valence-electron chi connectivity index (χ4n) is 8.76. The summed E-state index contributed by atoms with van der Waals surface area (Å²) in [6, 6.07) is 3.60. The Morgan fingerprint density at radius 3 is 2.76 bits per heavy atom. The number of rotatable bonds is 3. The smallest absolute Gasteiger partial charge is 0.331 e. The van der Waals surface area contributed by atoms with Crippen LogP contribution in [-0.4, -0.2) is 40.3 Å². The maximum atomic E-state index is 14.0. The van der Waals surface area contributed by atoms with Gasteiger partial charge >= 0.3 is 5.97 Å². The van der Waals surface area contributed by atoms with E-state index in [-0.39, 0.29) is 34.4 Å². The number of ketones is 1. The highest BCUT2D eigenvalue weighted by molar-refractivity contribution is 6.05. The standard InChI is InChI=1S/C28H33NO5/c1-17-19-6-7-20-26-12-4-11-25(2,3)21(26)15-27(32,33-16-26)28(20,23(17)31)24(19)34-22(30)8-5-18-9-13-29-14-10-18/h5,8-10,13-14,19-21,24,32H,1,4,6-7,11-12,15-16H2,2-3H3/b8-5+/t19-,20-,21+,24+,26+,27+,28-/m0/s1. The molecule has 1 N–H and O–H groups in total. The predicted octanol–water partition coefficient (Wildman–Crippen LogP) is 4.09. The number of nitrogens with zero attached hydrogens (tertiary/aromatic N) is 1. The van der Waals surface area contributed by atoms with E-state index in [9.17, 15) is 14.7 Å². The van der Waals surface area contributed by atoms with Crippen LogP contribution < -0.4 is 0 Å². The van der Waals surface area contributed by atoms with Gasteiger partial charge in [-0.05, 0) is 72.3 Å². The molecule has 0 amide bonds. The van der Waals surface area contributed by atoms with Crippen LogP contribution in [0.3, 0.4) is 0 Å². The molecule has 7 atom stereocenters. The third-order valence-corrected chi connectivity index (χ3v) is 10.1. The fourth-order valence-corrected chi connectivity index (χ4v) is 8.76. The Kier molecular flexibility index (Phi) is 4.64. The number of esters is 1. The molecule has 34 heavy (non-hydrogen) atoms. The van der Waals surface area contributed by atoms with E-state index in [1.807, 2.05) is 0 Å². The van der Waals surface area contributed by atoms with Gasteiger partial charge in [0.1, 0.15) is 11.5 Å². The number of ether oxygens (including phenoxy) is 2. The van der Waals surface area contributed by atoms with Crippen LogP contribution >= 0.6 is 0 Å². The second-order valence-electron chi connectivity index (χ2n) is 11.8. The number of pyridine rings is 1. The molecule has 3 heterocycles. The lowest BCUT2D eigenvalue weighted by atomic mass is 9.37. The minimum absolute atomic E-state index is 0.0621. The third kappa shape index (κ3) is 2.61. The zero-order valence-electron chi connectivity index (χ0n) is 20.0. The second kappa shape index (κ2) is 7.11. The maximum Gasteiger partial charge on any atom is 0.331 e. The number of Topliss-reactive ketones (excluding diaryl/α,β-unsaturated/α-hetero) is 1. The normalized spacial score (nSPS) is 44.1. The zero-order valence-corrected chi connectivity index (χ0v) is 20.0. The number of carbonyl (C=O) groups is 2. The van der Waals surface area contributed by atoms with Crippen LogP contribution in [-0.2, 0) is 19.1 Å². The van der Waals surface area contributed by atoms with Crippen molar-refractivity contribution in [2.75, 3.05) is 6.61 Å². The first kappa shape index (κ1) is 22.2. The van der Waals surface area contributed by atoms with E-state index in [1.165, 1.54) is 6.08 Å². The lowest BCUT2D eigenvalue weighted by Crippen LogP contribution is -2.78. The van der Waals surface area contributed by atoms with E-state index in [0.717, 1.165) is 37.7 Å². The van der Waals surface area contributed by atoms with Gasteiger partial charge in [0.2, 0.25) is 0 Å². The van der Waals surface area contributed by atoms with E-state index in [2.05, 4.69) is 25.4 Å². The molecule has 6 aliphatic rings. The maximum absolute atomic E-state index is 14.0. The molecule has 2 aliphatic heterocycles. The highest BCUT2D eigenvalue weighted by Crippen LogP contribution is 2.76. The number of aliphatic hydroxyl groups is 1. The predicted molar refractivity (Wildman–Crippen MR) is 125 cm³/mol. The summed E-state index contributed by atoms with van der Waals surface area (Å²) < 4.78 is 12.3. The van der Waals surface area contributed by atoms with Gasteiger partial charge in [-0.15, -0.1) is 0 Å². The fraction of sp³-hybridized carbons (Fsp3) is 0.607. The number of carbonyl (C=O) groups excluding carboxylic acids is 2. The molecule has 180 valence electrons. The topological polar surface area (TPSA) is 85.7 Å². The quantitative estimate of drug-likeness (QED) is 0.537. The van der Waals surface area contributed by atoms with Crippen molar-refractivity contribution in [1.82, 2.24) is 4.98 Å².